The number of piperidine rings is 1. The average Bonchev–Trinajstić information content (AvgIpc) is 2.87. The van der Waals surface area contributed by atoms with Crippen molar-refractivity contribution in [3.63, 3.8) is 0 Å². The Kier molecular flexibility index (Phi) is 4.21. The van der Waals surface area contributed by atoms with Gasteiger partial charge < -0.3 is 14.6 Å². The number of fused-ring (bicyclic) bond motifs is 1. The molecule has 1 fully saturated rings. The number of aromatic carboxylic acids is 1. The first-order valence-corrected chi connectivity index (χ1v) is 8.10. The zero-order valence-electron chi connectivity index (χ0n) is 13.4. The summed E-state index contributed by atoms with van der Waals surface area (Å²) in [6.45, 7) is 4.11. The Balaban J connectivity index is 1.88. The fourth-order valence-corrected chi connectivity index (χ4v) is 3.69. The number of nitrogens with zero attached hydrogens (tertiary/aromatic N) is 2. The molecule has 2 aromatic rings. The van der Waals surface area contributed by atoms with Gasteiger partial charge in [0, 0.05) is 24.2 Å². The topological polar surface area (TPSA) is 45.5 Å². The summed E-state index contributed by atoms with van der Waals surface area (Å²) in [4.78, 5) is 13.9. The standard InChI is InChI=1S/C18H24N2O2/c1-13-6-5-8-15-16(18(21)22)12-20(17(13)15)11-9-14-7-3-4-10-19(14)2/h5-6,8,12,14H,3-4,7,9-11H2,1-2H3,(H,21,22). The van der Waals surface area contributed by atoms with Gasteiger partial charge in [0.15, 0.2) is 0 Å². The molecule has 2 heterocycles. The first kappa shape index (κ1) is 15.1. The Morgan fingerprint density at radius 3 is 2.91 bits per heavy atom. The van der Waals surface area contributed by atoms with Gasteiger partial charge in [-0.1, -0.05) is 24.6 Å². The van der Waals surface area contributed by atoms with E-state index in [-0.39, 0.29) is 0 Å². The number of rotatable bonds is 4. The van der Waals surface area contributed by atoms with Crippen LogP contribution < -0.4 is 0 Å². The third kappa shape index (κ3) is 2.75. The van der Waals surface area contributed by atoms with Crippen molar-refractivity contribution in [2.45, 2.75) is 45.2 Å². The van der Waals surface area contributed by atoms with Crippen LogP contribution in [0.2, 0.25) is 0 Å². The lowest BCUT2D eigenvalue weighted by Gasteiger charge is -2.32. The highest BCUT2D eigenvalue weighted by atomic mass is 16.4. The molecule has 1 aromatic heterocycles. The molecule has 0 radical (unpaired) electrons. The number of carbonyl (C=O) groups is 1. The van der Waals surface area contributed by atoms with Crippen molar-refractivity contribution in [3.8, 4) is 0 Å². The van der Waals surface area contributed by atoms with Crippen LogP contribution >= 0.6 is 0 Å². The van der Waals surface area contributed by atoms with E-state index in [1.165, 1.54) is 25.8 Å². The van der Waals surface area contributed by atoms with Gasteiger partial charge in [0.25, 0.3) is 0 Å². The van der Waals surface area contributed by atoms with Crippen molar-refractivity contribution < 1.29 is 9.90 Å². The minimum absolute atomic E-state index is 0.413. The van der Waals surface area contributed by atoms with Gasteiger partial charge in [0.1, 0.15) is 0 Å². The number of carboxylic acid groups (broad SMARTS) is 1. The zero-order chi connectivity index (χ0) is 15.7. The second kappa shape index (κ2) is 6.13. The van der Waals surface area contributed by atoms with E-state index >= 15 is 0 Å². The van der Waals surface area contributed by atoms with E-state index in [0.717, 1.165) is 29.4 Å². The summed E-state index contributed by atoms with van der Waals surface area (Å²) in [5.74, 6) is -0.843. The summed E-state index contributed by atoms with van der Waals surface area (Å²) in [7, 11) is 2.20. The van der Waals surface area contributed by atoms with Crippen LogP contribution in [-0.4, -0.2) is 40.2 Å². The van der Waals surface area contributed by atoms with Crippen LogP contribution in [0.3, 0.4) is 0 Å². The Labute approximate surface area is 131 Å². The molecule has 0 saturated carbocycles. The molecule has 1 aliphatic heterocycles. The molecule has 118 valence electrons. The van der Waals surface area contributed by atoms with Crippen LogP contribution in [0.25, 0.3) is 10.9 Å². The Morgan fingerprint density at radius 1 is 1.36 bits per heavy atom. The highest BCUT2D eigenvalue weighted by Crippen LogP contribution is 2.26. The molecule has 22 heavy (non-hydrogen) atoms. The Hall–Kier alpha value is -1.81. The lowest BCUT2D eigenvalue weighted by atomic mass is 10.00. The molecule has 1 atom stereocenters. The maximum atomic E-state index is 11.5. The van der Waals surface area contributed by atoms with Crippen molar-refractivity contribution in [2.75, 3.05) is 13.6 Å². The number of hydrogen-bond acceptors (Lipinski definition) is 2. The molecule has 1 aromatic carbocycles. The smallest absolute Gasteiger partial charge is 0.337 e. The van der Waals surface area contributed by atoms with E-state index in [1.807, 2.05) is 18.3 Å². The van der Waals surface area contributed by atoms with E-state index in [2.05, 4.69) is 29.5 Å². The predicted molar refractivity (Wildman–Crippen MR) is 88.5 cm³/mol. The number of para-hydroxylation sites is 1. The van der Waals surface area contributed by atoms with E-state index in [4.69, 9.17) is 0 Å². The van der Waals surface area contributed by atoms with Gasteiger partial charge in [0.05, 0.1) is 11.1 Å². The maximum absolute atomic E-state index is 11.5. The number of aryl methyl sites for hydroxylation is 2. The first-order chi connectivity index (χ1) is 10.6. The predicted octanol–water partition coefficient (Wildman–Crippen LogP) is 3.52. The van der Waals surface area contributed by atoms with Crippen LogP contribution in [0, 0.1) is 6.92 Å². The van der Waals surface area contributed by atoms with E-state index < -0.39 is 5.97 Å². The number of carboxylic acids is 1. The van der Waals surface area contributed by atoms with Gasteiger partial charge >= 0.3 is 5.97 Å². The maximum Gasteiger partial charge on any atom is 0.337 e. The Bertz CT molecular complexity index is 690. The molecule has 0 amide bonds. The molecule has 1 aliphatic rings. The van der Waals surface area contributed by atoms with E-state index in [9.17, 15) is 9.90 Å². The molecule has 3 rings (SSSR count). The average molecular weight is 300 g/mol. The lowest BCUT2D eigenvalue weighted by Crippen LogP contribution is -2.36. The van der Waals surface area contributed by atoms with Gasteiger partial charge in [-0.3, -0.25) is 0 Å². The highest BCUT2D eigenvalue weighted by molar-refractivity contribution is 6.04. The fraction of sp³-hybridized carbons (Fsp3) is 0.500. The number of benzene rings is 1. The van der Waals surface area contributed by atoms with Crippen molar-refractivity contribution in [1.82, 2.24) is 9.47 Å². The third-order valence-corrected chi connectivity index (χ3v) is 4.96. The summed E-state index contributed by atoms with van der Waals surface area (Å²) in [5.41, 5.74) is 2.62. The first-order valence-electron chi connectivity index (χ1n) is 8.10. The van der Waals surface area contributed by atoms with Crippen LogP contribution in [0.5, 0.6) is 0 Å². The van der Waals surface area contributed by atoms with Gasteiger partial charge in [-0.05, 0) is 45.3 Å². The van der Waals surface area contributed by atoms with Crippen LogP contribution in [0.4, 0.5) is 0 Å². The molecular weight excluding hydrogens is 276 g/mol. The minimum atomic E-state index is -0.843. The third-order valence-electron chi connectivity index (χ3n) is 4.96. The molecule has 1 N–H and O–H groups in total. The quantitative estimate of drug-likeness (QED) is 0.939. The number of aromatic nitrogens is 1. The minimum Gasteiger partial charge on any atom is -0.478 e. The van der Waals surface area contributed by atoms with Gasteiger partial charge in [-0.25, -0.2) is 4.79 Å². The van der Waals surface area contributed by atoms with Gasteiger partial charge in [0.2, 0.25) is 0 Å². The summed E-state index contributed by atoms with van der Waals surface area (Å²) >= 11 is 0. The molecule has 1 saturated heterocycles. The van der Waals surface area contributed by atoms with Crippen LogP contribution in [0.15, 0.2) is 24.4 Å². The zero-order valence-corrected chi connectivity index (χ0v) is 13.4. The molecule has 0 bridgehead atoms. The molecular formula is C18H24N2O2. The normalized spacial score (nSPS) is 19.6. The Morgan fingerprint density at radius 2 is 2.18 bits per heavy atom. The molecule has 1 unspecified atom stereocenters. The number of hydrogen-bond donors (Lipinski definition) is 1. The summed E-state index contributed by atoms with van der Waals surface area (Å²) in [5, 5.41) is 10.3. The summed E-state index contributed by atoms with van der Waals surface area (Å²) in [6.07, 6.45) is 6.74. The van der Waals surface area contributed by atoms with Gasteiger partial charge in [-0.2, -0.15) is 0 Å². The molecule has 0 aliphatic carbocycles. The molecule has 4 nitrogen and oxygen atoms in total. The van der Waals surface area contributed by atoms with Crippen molar-refractivity contribution in [2.24, 2.45) is 0 Å². The van der Waals surface area contributed by atoms with Crippen LogP contribution in [0.1, 0.15) is 41.6 Å². The summed E-state index contributed by atoms with van der Waals surface area (Å²) < 4.78 is 2.14. The van der Waals surface area contributed by atoms with Crippen molar-refractivity contribution in [3.05, 3.63) is 35.5 Å². The van der Waals surface area contributed by atoms with Crippen molar-refractivity contribution in [1.29, 1.82) is 0 Å². The second-order valence-corrected chi connectivity index (χ2v) is 6.43. The molecule has 0 spiro atoms. The fourth-order valence-electron chi connectivity index (χ4n) is 3.69. The van der Waals surface area contributed by atoms with Gasteiger partial charge in [-0.15, -0.1) is 0 Å². The van der Waals surface area contributed by atoms with E-state index in [0.29, 0.717) is 11.6 Å². The summed E-state index contributed by atoms with van der Waals surface area (Å²) in [6, 6.07) is 6.51. The lowest BCUT2D eigenvalue weighted by molar-refractivity contribution is 0.0698. The largest absolute Gasteiger partial charge is 0.478 e. The highest BCUT2D eigenvalue weighted by Gasteiger charge is 2.20. The second-order valence-electron chi connectivity index (χ2n) is 6.43. The SMILES string of the molecule is Cc1cccc2c(C(=O)O)cn(CCC3CCCCN3C)c12. The monoisotopic (exact) mass is 300 g/mol. The number of likely N-dealkylation sites (tertiary alicyclic amines) is 1. The van der Waals surface area contributed by atoms with E-state index in [1.54, 1.807) is 0 Å². The molecule has 4 heteroatoms. The van der Waals surface area contributed by atoms with Crippen LogP contribution in [-0.2, 0) is 6.54 Å². The van der Waals surface area contributed by atoms with Crippen molar-refractivity contribution >= 4 is 16.9 Å².